The van der Waals surface area contributed by atoms with Gasteiger partial charge in [0.1, 0.15) is 6.17 Å². The Morgan fingerprint density at radius 3 is 2.52 bits per heavy atom. The van der Waals surface area contributed by atoms with Crippen molar-refractivity contribution in [1.29, 1.82) is 0 Å². The number of alkyl halides is 3. The maximum Gasteiger partial charge on any atom is 0.270 e. The molecular weight excluding hydrogens is 435 g/mol. The van der Waals surface area contributed by atoms with Crippen molar-refractivity contribution < 1.29 is 9.72 Å². The second-order valence-electron chi connectivity index (χ2n) is 5.39. The molecule has 0 fully saturated rings. The largest absolute Gasteiger partial charge is 0.338 e. The molecule has 1 amide bonds. The van der Waals surface area contributed by atoms with E-state index in [1.54, 1.807) is 30.3 Å². The summed E-state index contributed by atoms with van der Waals surface area (Å²) in [5.74, 6) is -0.434. The molecule has 0 spiro atoms. The molecule has 1 atom stereocenters. The molecule has 3 rings (SSSR count). The summed E-state index contributed by atoms with van der Waals surface area (Å²) in [5.41, 5.74) is 0.900. The minimum absolute atomic E-state index is 0.0481. The van der Waals surface area contributed by atoms with E-state index in [9.17, 15) is 14.9 Å². The van der Waals surface area contributed by atoms with Crippen molar-refractivity contribution in [3.63, 3.8) is 0 Å². The first kappa shape index (κ1) is 19.6. The smallest absolute Gasteiger partial charge is 0.270 e. The van der Waals surface area contributed by atoms with Crippen molar-refractivity contribution >= 4 is 73.1 Å². The molecule has 140 valence electrons. The van der Waals surface area contributed by atoms with Crippen LogP contribution in [0.3, 0.4) is 0 Å². The Morgan fingerprint density at radius 2 is 1.89 bits per heavy atom. The van der Waals surface area contributed by atoms with E-state index in [4.69, 9.17) is 34.8 Å². The number of amides is 1. The fourth-order valence-corrected chi connectivity index (χ4v) is 3.47. The van der Waals surface area contributed by atoms with Crippen LogP contribution in [0.1, 0.15) is 10.4 Å². The van der Waals surface area contributed by atoms with Crippen molar-refractivity contribution in [1.82, 2.24) is 10.3 Å². The summed E-state index contributed by atoms with van der Waals surface area (Å²) in [4.78, 5) is 27.1. The number of nitrogens with zero attached hydrogens (tertiary/aromatic N) is 2. The number of nitrogens with one attached hydrogen (secondary N) is 2. The number of thiazole rings is 1. The Bertz CT molecular complexity index is 991. The molecule has 0 radical (unpaired) electrons. The van der Waals surface area contributed by atoms with Crippen LogP contribution in [0.15, 0.2) is 48.5 Å². The maximum atomic E-state index is 12.4. The number of hydrogen-bond acceptors (Lipinski definition) is 6. The average Bonchev–Trinajstić information content (AvgIpc) is 3.02. The first-order valence-electron chi connectivity index (χ1n) is 7.48. The maximum absolute atomic E-state index is 12.4. The van der Waals surface area contributed by atoms with E-state index in [-0.39, 0.29) is 5.69 Å². The van der Waals surface area contributed by atoms with Crippen LogP contribution < -0.4 is 10.6 Å². The Balaban J connectivity index is 1.83. The zero-order valence-electron chi connectivity index (χ0n) is 13.4. The van der Waals surface area contributed by atoms with Crippen molar-refractivity contribution in [2.75, 3.05) is 5.32 Å². The van der Waals surface area contributed by atoms with Crippen molar-refractivity contribution in [3.05, 3.63) is 64.2 Å². The van der Waals surface area contributed by atoms with Gasteiger partial charge in [-0.15, -0.1) is 0 Å². The first-order valence-corrected chi connectivity index (χ1v) is 9.43. The molecule has 1 heterocycles. The summed E-state index contributed by atoms with van der Waals surface area (Å²) in [5, 5.41) is 16.7. The standard InChI is InChI=1S/C16H11Cl3N4O3S/c17-16(18,19)14(21-13(24)9-4-2-1-3-5-9)22-15-20-11-7-6-10(23(25)26)8-12(11)27-15/h1-8,14H,(H,20,22)(H,21,24). The third kappa shape index (κ3) is 4.78. The van der Waals surface area contributed by atoms with Gasteiger partial charge >= 0.3 is 0 Å². The predicted molar refractivity (Wildman–Crippen MR) is 108 cm³/mol. The van der Waals surface area contributed by atoms with Gasteiger partial charge in [0.25, 0.3) is 11.6 Å². The van der Waals surface area contributed by atoms with E-state index < -0.39 is 20.8 Å². The number of carbonyl (C=O) groups excluding carboxylic acids is 1. The monoisotopic (exact) mass is 444 g/mol. The molecule has 1 aromatic heterocycles. The summed E-state index contributed by atoms with van der Waals surface area (Å²) < 4.78 is -1.28. The second kappa shape index (κ2) is 7.85. The minimum Gasteiger partial charge on any atom is -0.338 e. The SMILES string of the molecule is O=C(NC(Nc1nc2ccc([N+](=O)[O-])cc2s1)C(Cl)(Cl)Cl)c1ccccc1. The highest BCUT2D eigenvalue weighted by molar-refractivity contribution is 7.22. The molecule has 3 aromatic rings. The highest BCUT2D eigenvalue weighted by Crippen LogP contribution is 2.34. The normalized spacial score (nSPS) is 12.6. The molecule has 0 bridgehead atoms. The number of nitro benzene ring substituents is 1. The highest BCUT2D eigenvalue weighted by atomic mass is 35.6. The van der Waals surface area contributed by atoms with Gasteiger partial charge in [-0.25, -0.2) is 4.98 Å². The number of carbonyl (C=O) groups is 1. The Labute approximate surface area is 172 Å². The van der Waals surface area contributed by atoms with Gasteiger partial charge in [-0.3, -0.25) is 14.9 Å². The average molecular weight is 446 g/mol. The molecule has 0 aliphatic heterocycles. The summed E-state index contributed by atoms with van der Waals surface area (Å²) in [6, 6.07) is 12.8. The molecular formula is C16H11Cl3N4O3S. The topological polar surface area (TPSA) is 97.2 Å². The van der Waals surface area contributed by atoms with Crippen LogP contribution in [0.4, 0.5) is 10.8 Å². The van der Waals surface area contributed by atoms with Gasteiger partial charge in [0.05, 0.1) is 15.1 Å². The minimum atomic E-state index is -1.87. The summed E-state index contributed by atoms with van der Waals surface area (Å²) in [6.45, 7) is 0. The molecule has 27 heavy (non-hydrogen) atoms. The van der Waals surface area contributed by atoms with Crippen LogP contribution in [-0.2, 0) is 0 Å². The number of nitro groups is 1. The van der Waals surface area contributed by atoms with Crippen LogP contribution in [0.2, 0.25) is 0 Å². The van der Waals surface area contributed by atoms with Gasteiger partial charge in [0.2, 0.25) is 3.79 Å². The van der Waals surface area contributed by atoms with E-state index in [1.807, 2.05) is 0 Å². The molecule has 2 aromatic carbocycles. The zero-order chi connectivity index (χ0) is 19.6. The number of rotatable bonds is 5. The third-order valence-corrected chi connectivity index (χ3v) is 5.09. The number of halogens is 3. The van der Waals surface area contributed by atoms with E-state index in [1.165, 1.54) is 18.2 Å². The molecule has 1 unspecified atom stereocenters. The third-order valence-electron chi connectivity index (χ3n) is 3.49. The Kier molecular flexibility index (Phi) is 5.71. The molecule has 2 N–H and O–H groups in total. The Morgan fingerprint density at radius 1 is 1.19 bits per heavy atom. The van der Waals surface area contributed by atoms with Gasteiger partial charge < -0.3 is 10.6 Å². The molecule has 11 heteroatoms. The molecule has 0 saturated carbocycles. The lowest BCUT2D eigenvalue weighted by molar-refractivity contribution is -0.384. The lowest BCUT2D eigenvalue weighted by Gasteiger charge is -2.26. The number of anilines is 1. The zero-order valence-corrected chi connectivity index (χ0v) is 16.4. The van der Waals surface area contributed by atoms with Crippen LogP contribution in [0.5, 0.6) is 0 Å². The first-order chi connectivity index (χ1) is 12.7. The van der Waals surface area contributed by atoms with Crippen LogP contribution in [-0.4, -0.2) is 25.8 Å². The van der Waals surface area contributed by atoms with Crippen LogP contribution >= 0.6 is 46.1 Å². The van der Waals surface area contributed by atoms with Crippen molar-refractivity contribution in [3.8, 4) is 0 Å². The quantitative estimate of drug-likeness (QED) is 0.256. The second-order valence-corrected chi connectivity index (χ2v) is 8.79. The summed E-state index contributed by atoms with van der Waals surface area (Å²) in [6.07, 6.45) is -1.08. The lowest BCUT2D eigenvalue weighted by Crippen LogP contribution is -2.49. The fraction of sp³-hybridized carbons (Fsp3) is 0.125. The van der Waals surface area contributed by atoms with Gasteiger partial charge in [0.15, 0.2) is 5.13 Å². The molecule has 0 saturated heterocycles. The molecule has 7 nitrogen and oxygen atoms in total. The van der Waals surface area contributed by atoms with Gasteiger partial charge in [-0.05, 0) is 18.2 Å². The molecule has 0 aliphatic carbocycles. The summed E-state index contributed by atoms with van der Waals surface area (Å²) in [7, 11) is 0. The fourth-order valence-electron chi connectivity index (χ4n) is 2.22. The molecule has 0 aliphatic rings. The number of fused-ring (bicyclic) bond motifs is 1. The number of benzene rings is 2. The number of non-ortho nitro benzene ring substituents is 1. The van der Waals surface area contributed by atoms with E-state index >= 15 is 0 Å². The van der Waals surface area contributed by atoms with Crippen LogP contribution in [0.25, 0.3) is 10.2 Å². The van der Waals surface area contributed by atoms with Gasteiger partial charge in [-0.2, -0.15) is 0 Å². The van der Waals surface area contributed by atoms with Crippen molar-refractivity contribution in [2.45, 2.75) is 9.96 Å². The Hall–Kier alpha value is -2.13. The van der Waals surface area contributed by atoms with E-state index in [0.29, 0.717) is 20.9 Å². The van der Waals surface area contributed by atoms with Crippen LogP contribution in [0, 0.1) is 10.1 Å². The highest BCUT2D eigenvalue weighted by Gasteiger charge is 2.35. The predicted octanol–water partition coefficient (Wildman–Crippen LogP) is 4.74. The van der Waals surface area contributed by atoms with Crippen molar-refractivity contribution in [2.24, 2.45) is 0 Å². The lowest BCUT2D eigenvalue weighted by atomic mass is 10.2. The van der Waals surface area contributed by atoms with Gasteiger partial charge in [0, 0.05) is 17.7 Å². The van der Waals surface area contributed by atoms with E-state index in [0.717, 1.165) is 11.3 Å². The van der Waals surface area contributed by atoms with E-state index in [2.05, 4.69) is 15.6 Å². The number of hydrogen-bond donors (Lipinski definition) is 2. The number of aromatic nitrogens is 1. The summed E-state index contributed by atoms with van der Waals surface area (Å²) >= 11 is 19.1. The van der Waals surface area contributed by atoms with Gasteiger partial charge in [-0.1, -0.05) is 64.3 Å².